The van der Waals surface area contributed by atoms with E-state index >= 15 is 0 Å². The second-order valence-electron chi connectivity index (χ2n) is 6.68. The largest absolute Gasteiger partial charge is 0.493 e. The van der Waals surface area contributed by atoms with E-state index in [9.17, 15) is 14.7 Å². The van der Waals surface area contributed by atoms with E-state index in [4.69, 9.17) is 14.2 Å². The van der Waals surface area contributed by atoms with Gasteiger partial charge in [0.2, 0.25) is 5.75 Å². The molecular formula is C21H23NO6. The first kappa shape index (κ1) is 19.5. The van der Waals surface area contributed by atoms with Gasteiger partial charge in [0.1, 0.15) is 12.1 Å². The van der Waals surface area contributed by atoms with Crippen molar-refractivity contribution in [2.75, 3.05) is 14.2 Å². The molecule has 0 aromatic heterocycles. The molecule has 0 aliphatic heterocycles. The summed E-state index contributed by atoms with van der Waals surface area (Å²) in [5.41, 5.74) is 0.0233. The van der Waals surface area contributed by atoms with Crippen molar-refractivity contribution in [3.05, 3.63) is 53.6 Å². The summed E-state index contributed by atoms with van der Waals surface area (Å²) in [4.78, 5) is 24.2. The zero-order valence-electron chi connectivity index (χ0n) is 15.9. The van der Waals surface area contributed by atoms with Gasteiger partial charge in [0.15, 0.2) is 11.5 Å². The number of benzene rings is 2. The maximum atomic E-state index is 12.7. The van der Waals surface area contributed by atoms with E-state index in [1.54, 1.807) is 0 Å². The van der Waals surface area contributed by atoms with Crippen LogP contribution in [0.4, 0.5) is 0 Å². The Bertz CT molecular complexity index is 835. The number of amides is 1. The number of hydrogen-bond donors (Lipinski definition) is 2. The number of hydrogen-bond acceptors (Lipinski definition) is 5. The fraction of sp³-hybridized carbons (Fsp3) is 0.333. The van der Waals surface area contributed by atoms with E-state index in [2.05, 4.69) is 5.32 Å². The highest BCUT2D eigenvalue weighted by molar-refractivity contribution is 5.99. The highest BCUT2D eigenvalue weighted by Gasteiger charge is 2.45. The minimum atomic E-state index is -1.19. The van der Waals surface area contributed by atoms with Crippen molar-refractivity contribution in [1.29, 1.82) is 0 Å². The van der Waals surface area contributed by atoms with Gasteiger partial charge in [0.05, 0.1) is 14.2 Å². The third-order valence-corrected chi connectivity index (χ3v) is 4.92. The fourth-order valence-electron chi connectivity index (χ4n) is 3.10. The number of carbonyl (C=O) groups excluding carboxylic acids is 1. The van der Waals surface area contributed by atoms with Gasteiger partial charge >= 0.3 is 5.97 Å². The molecule has 0 unspecified atom stereocenters. The normalized spacial score (nSPS) is 14.5. The summed E-state index contributed by atoms with van der Waals surface area (Å²) in [6, 6.07) is 12.7. The monoisotopic (exact) mass is 385 g/mol. The van der Waals surface area contributed by atoms with Gasteiger partial charge in [0.25, 0.3) is 5.91 Å². The SMILES string of the molecule is COc1cc(C(=O)NC2(C(=O)O)CCC2)cc(OC)c1OCc1ccccc1. The molecule has 1 fully saturated rings. The number of rotatable bonds is 8. The Kier molecular flexibility index (Phi) is 5.73. The number of carbonyl (C=O) groups is 2. The number of carboxylic acids is 1. The van der Waals surface area contributed by atoms with Crippen LogP contribution >= 0.6 is 0 Å². The highest BCUT2D eigenvalue weighted by Crippen LogP contribution is 2.39. The van der Waals surface area contributed by atoms with E-state index in [0.29, 0.717) is 36.7 Å². The van der Waals surface area contributed by atoms with Crippen LogP contribution in [-0.2, 0) is 11.4 Å². The molecule has 1 amide bonds. The Balaban J connectivity index is 1.83. The molecule has 1 saturated carbocycles. The summed E-state index contributed by atoms with van der Waals surface area (Å²) in [7, 11) is 2.94. The first-order valence-corrected chi connectivity index (χ1v) is 8.98. The molecular weight excluding hydrogens is 362 g/mol. The van der Waals surface area contributed by atoms with E-state index in [1.165, 1.54) is 26.4 Å². The van der Waals surface area contributed by atoms with Crippen molar-refractivity contribution in [3.63, 3.8) is 0 Å². The van der Waals surface area contributed by atoms with Gasteiger partial charge in [0, 0.05) is 5.56 Å². The lowest BCUT2D eigenvalue weighted by Crippen LogP contribution is -2.59. The molecule has 7 nitrogen and oxygen atoms in total. The number of ether oxygens (including phenoxy) is 3. The lowest BCUT2D eigenvalue weighted by molar-refractivity contribution is -0.148. The number of nitrogens with one attached hydrogen (secondary N) is 1. The summed E-state index contributed by atoms with van der Waals surface area (Å²) < 4.78 is 16.6. The summed E-state index contributed by atoms with van der Waals surface area (Å²) in [6.45, 7) is 0.307. The molecule has 2 N–H and O–H groups in total. The molecule has 1 aliphatic carbocycles. The van der Waals surface area contributed by atoms with Crippen molar-refractivity contribution < 1.29 is 28.9 Å². The van der Waals surface area contributed by atoms with Crippen molar-refractivity contribution in [2.45, 2.75) is 31.4 Å². The number of methoxy groups -OCH3 is 2. The maximum Gasteiger partial charge on any atom is 0.329 e. The lowest BCUT2D eigenvalue weighted by Gasteiger charge is -2.38. The van der Waals surface area contributed by atoms with Crippen LogP contribution in [0.1, 0.15) is 35.2 Å². The molecule has 2 aromatic rings. The molecule has 2 aromatic carbocycles. The minimum absolute atomic E-state index is 0.244. The van der Waals surface area contributed by atoms with Gasteiger partial charge in [-0.3, -0.25) is 4.79 Å². The lowest BCUT2D eigenvalue weighted by atomic mass is 9.76. The minimum Gasteiger partial charge on any atom is -0.493 e. The average Bonchev–Trinajstić information content (AvgIpc) is 2.68. The van der Waals surface area contributed by atoms with Crippen molar-refractivity contribution >= 4 is 11.9 Å². The summed E-state index contributed by atoms with van der Waals surface area (Å²) in [5, 5.41) is 12.1. The highest BCUT2D eigenvalue weighted by atomic mass is 16.5. The Morgan fingerprint density at radius 1 is 1.07 bits per heavy atom. The van der Waals surface area contributed by atoms with Crippen LogP contribution in [0.2, 0.25) is 0 Å². The van der Waals surface area contributed by atoms with Crippen molar-refractivity contribution in [1.82, 2.24) is 5.32 Å². The molecule has 0 radical (unpaired) electrons. The van der Waals surface area contributed by atoms with Gasteiger partial charge in [-0.1, -0.05) is 30.3 Å². The average molecular weight is 385 g/mol. The first-order chi connectivity index (χ1) is 13.5. The van der Waals surface area contributed by atoms with Gasteiger partial charge in [-0.25, -0.2) is 4.79 Å². The number of aliphatic carboxylic acids is 1. The van der Waals surface area contributed by atoms with Crippen LogP contribution in [0.3, 0.4) is 0 Å². The molecule has 0 atom stereocenters. The van der Waals surface area contributed by atoms with Crippen LogP contribution < -0.4 is 19.5 Å². The molecule has 1 aliphatic rings. The third kappa shape index (κ3) is 3.88. The zero-order chi connectivity index (χ0) is 20.1. The topological polar surface area (TPSA) is 94.1 Å². The molecule has 3 rings (SSSR count). The third-order valence-electron chi connectivity index (χ3n) is 4.92. The van der Waals surface area contributed by atoms with E-state index in [0.717, 1.165) is 12.0 Å². The Morgan fingerprint density at radius 2 is 1.68 bits per heavy atom. The smallest absolute Gasteiger partial charge is 0.329 e. The molecule has 7 heteroatoms. The Morgan fingerprint density at radius 3 is 2.14 bits per heavy atom. The molecule has 0 heterocycles. The predicted octanol–water partition coefficient (Wildman–Crippen LogP) is 3.02. The van der Waals surface area contributed by atoms with Crippen LogP contribution in [0, 0.1) is 0 Å². The fourth-order valence-corrected chi connectivity index (χ4v) is 3.10. The van der Waals surface area contributed by atoms with Crippen molar-refractivity contribution in [3.8, 4) is 17.2 Å². The van der Waals surface area contributed by atoms with E-state index in [1.807, 2.05) is 30.3 Å². The van der Waals surface area contributed by atoms with Crippen LogP contribution in [0.15, 0.2) is 42.5 Å². The predicted molar refractivity (Wildman–Crippen MR) is 102 cm³/mol. The molecule has 0 spiro atoms. The van der Waals surface area contributed by atoms with Gasteiger partial charge in [-0.15, -0.1) is 0 Å². The standard InChI is InChI=1S/C21H23NO6/c1-26-16-11-15(19(23)22-21(20(24)25)9-6-10-21)12-17(27-2)18(16)28-13-14-7-4-3-5-8-14/h3-5,7-8,11-12H,6,9-10,13H2,1-2H3,(H,22,23)(H,24,25). The molecule has 0 saturated heterocycles. The van der Waals surface area contributed by atoms with Gasteiger partial charge < -0.3 is 24.6 Å². The van der Waals surface area contributed by atoms with Crippen LogP contribution in [0.25, 0.3) is 0 Å². The van der Waals surface area contributed by atoms with Gasteiger partial charge in [-0.2, -0.15) is 0 Å². The summed E-state index contributed by atoms with van der Waals surface area (Å²) in [5.74, 6) is -0.471. The number of carboxylic acid groups (broad SMARTS) is 1. The molecule has 0 bridgehead atoms. The summed E-state index contributed by atoms with van der Waals surface area (Å²) >= 11 is 0. The van der Waals surface area contributed by atoms with E-state index < -0.39 is 17.4 Å². The van der Waals surface area contributed by atoms with Crippen LogP contribution in [0.5, 0.6) is 17.2 Å². The first-order valence-electron chi connectivity index (χ1n) is 8.98. The molecule has 148 valence electrons. The second-order valence-corrected chi connectivity index (χ2v) is 6.68. The second kappa shape index (κ2) is 8.21. The maximum absolute atomic E-state index is 12.7. The van der Waals surface area contributed by atoms with Crippen molar-refractivity contribution in [2.24, 2.45) is 0 Å². The molecule has 28 heavy (non-hydrogen) atoms. The quantitative estimate of drug-likeness (QED) is 0.725. The Hall–Kier alpha value is -3.22. The Labute approximate surface area is 163 Å². The van der Waals surface area contributed by atoms with Crippen LogP contribution in [-0.4, -0.2) is 36.7 Å². The van der Waals surface area contributed by atoms with Gasteiger partial charge in [-0.05, 0) is 37.0 Å². The zero-order valence-corrected chi connectivity index (χ0v) is 15.9. The summed E-state index contributed by atoms with van der Waals surface area (Å²) in [6.07, 6.45) is 1.60. The van der Waals surface area contributed by atoms with E-state index in [-0.39, 0.29) is 5.56 Å².